The molecule has 0 radical (unpaired) electrons. The summed E-state index contributed by atoms with van der Waals surface area (Å²) < 4.78 is 113. The number of carbonyl (C=O) groups is 3. The zero-order valence-electron chi connectivity index (χ0n) is 69.1. The molecule has 1 saturated carbocycles. The van der Waals surface area contributed by atoms with Crippen LogP contribution in [0, 0.1) is 23.7 Å². The van der Waals surface area contributed by atoms with E-state index in [1.165, 1.54) is 55.2 Å². The largest absolute Gasteiger partial charge is 0.457 e. The Morgan fingerprint density at radius 2 is 0.922 bits per heavy atom. The van der Waals surface area contributed by atoms with Crippen molar-refractivity contribution < 1.29 is 84.5 Å². The molecule has 9 rings (SSSR count). The van der Waals surface area contributed by atoms with Crippen LogP contribution in [0.5, 0.6) is 23.0 Å². The van der Waals surface area contributed by atoms with Gasteiger partial charge in [0.05, 0.1) is 41.4 Å². The number of aliphatic hydroxyl groups is 3. The zero-order valence-corrected chi connectivity index (χ0v) is 69.9. The number of carbonyl (C=O) groups excluding carboxylic acids is 3. The molecule has 0 spiro atoms. The van der Waals surface area contributed by atoms with Gasteiger partial charge in [-0.2, -0.15) is 26.3 Å². The van der Waals surface area contributed by atoms with Crippen LogP contribution in [-0.2, 0) is 41.9 Å². The molecule has 3 saturated heterocycles. The fraction of sp³-hybridized carbons (Fsp3) is 0.625. The van der Waals surface area contributed by atoms with Crippen LogP contribution in [0.4, 0.5) is 40.7 Å². The normalized spacial score (nSPS) is 19.2. The van der Waals surface area contributed by atoms with Crippen molar-refractivity contribution in [2.75, 3.05) is 134 Å². The maximum Gasteiger partial charge on any atom is 0.419 e. The summed E-state index contributed by atoms with van der Waals surface area (Å²) in [5.74, 6) is 0.921. The molecule has 4 aliphatic rings. The van der Waals surface area contributed by atoms with E-state index in [0.29, 0.717) is 163 Å². The SMILES string of the molecule is CNC[C@H](C)NC(=O)N1CCC[C@@H]([C@@](O)(CCCCOC)c2ccccc2Oc2ccccc2C(F)(F)F)C1.CNC[C@H](CC(F)(F)F)NC(=O)N1CCC[C@@H]([C@@](O)(CCCCOC)c2ccccc2Oc2ccccc2)C1.COCCCC[C@@](O)(c1cccc(Cl)c1)[C@@H]1CCCN(C(=O)N[C@H](CNCCOC)CC2CCCCC2)C1. The standard InChI is InChI=1S/C30H50ClN3O4.2C29H40F3N3O4/c1-37-18-7-6-15-30(36,25-12-8-14-27(31)21-25)26-13-9-17-34(23-26)29(35)33-28(22-32-16-19-38-2)20-24-10-4-3-5-11-24;1-21(19-33-2)34-27(36)35-17-10-11-22(20-35)28(37,16-8-9-18-38-3)23-12-4-6-14-25(23)39-26-15-7-5-13-24(26)29(30,31)32;1-33-20-23(19-29(30,31)32)34-27(36)35-17-10-11-22(21-35)28(37,16-8-9-18-38-2)25-14-6-7-15-26(25)39-24-12-4-3-5-13-24/h8,12,14,21,24,26,28,32,36H,3-7,9-11,13,15-20,22-23H2,1-2H3,(H,33,35);4-7,12-15,21-22,33,37H,8-11,16-20H2,1-3H3,(H,34,36);3-7,12-15,22-23,33,37H,8-11,16-21H2,1-2H3,(H,34,36)/t26-,28+,30-;21-,22+,28-;22-,23+,28+/m101/s1. The number of hydrogen-bond acceptors (Lipinski definition) is 15. The third-order valence-corrected chi connectivity index (χ3v) is 23.0. The van der Waals surface area contributed by atoms with Gasteiger partial charge in [0.2, 0.25) is 0 Å². The van der Waals surface area contributed by atoms with Crippen LogP contribution in [0.2, 0.25) is 5.02 Å². The van der Waals surface area contributed by atoms with Gasteiger partial charge in [-0.05, 0) is 184 Å². The first-order valence-corrected chi connectivity index (χ1v) is 42.0. The van der Waals surface area contributed by atoms with Gasteiger partial charge >= 0.3 is 30.4 Å². The number of unbranched alkanes of at least 4 members (excludes halogenated alkanes) is 3. The molecule has 1 aliphatic carbocycles. The molecule has 116 heavy (non-hydrogen) atoms. The molecule has 3 aliphatic heterocycles. The van der Waals surface area contributed by atoms with Crippen LogP contribution < -0.4 is 41.4 Å². The van der Waals surface area contributed by atoms with Crippen molar-refractivity contribution in [2.24, 2.45) is 23.7 Å². The average Bonchev–Trinajstić information content (AvgIpc) is 0.769. The molecule has 3 heterocycles. The highest BCUT2D eigenvalue weighted by Gasteiger charge is 2.47. The summed E-state index contributed by atoms with van der Waals surface area (Å²) in [6.45, 7) is 9.20. The Morgan fingerprint density at radius 1 is 0.483 bits per heavy atom. The minimum atomic E-state index is -4.59. The van der Waals surface area contributed by atoms with Crippen LogP contribution in [0.1, 0.15) is 170 Å². The van der Waals surface area contributed by atoms with E-state index in [9.17, 15) is 56.0 Å². The van der Waals surface area contributed by atoms with Gasteiger partial charge in [-0.15, -0.1) is 0 Å². The maximum absolute atomic E-state index is 13.7. The average molecular weight is 1660 g/mol. The van der Waals surface area contributed by atoms with E-state index >= 15 is 0 Å². The Labute approximate surface area is 688 Å². The predicted octanol–water partition coefficient (Wildman–Crippen LogP) is 16.3. The van der Waals surface area contributed by atoms with Gasteiger partial charge in [0.15, 0.2) is 0 Å². The summed E-state index contributed by atoms with van der Waals surface area (Å²) in [5.41, 5.74) is -2.81. The monoisotopic (exact) mass is 1650 g/mol. The molecule has 4 fully saturated rings. The van der Waals surface area contributed by atoms with Gasteiger partial charge in [0.1, 0.15) is 23.0 Å². The molecular weight excluding hydrogens is 1520 g/mol. The van der Waals surface area contributed by atoms with Crippen LogP contribution in [0.15, 0.2) is 127 Å². The fourth-order valence-corrected chi connectivity index (χ4v) is 16.9. The highest BCUT2D eigenvalue weighted by molar-refractivity contribution is 6.30. The molecule has 9 N–H and O–H groups in total. The maximum atomic E-state index is 13.7. The van der Waals surface area contributed by atoms with Gasteiger partial charge in [-0.1, -0.05) is 123 Å². The summed E-state index contributed by atoms with van der Waals surface area (Å²) in [6.07, 6.45) is 7.57. The van der Waals surface area contributed by atoms with Gasteiger partial charge < -0.3 is 90.3 Å². The van der Waals surface area contributed by atoms with Crippen molar-refractivity contribution in [3.8, 4) is 23.0 Å². The number of halogens is 7. The van der Waals surface area contributed by atoms with Crippen molar-refractivity contribution in [3.63, 3.8) is 0 Å². The summed E-state index contributed by atoms with van der Waals surface area (Å²) in [7, 11) is 10.0. The highest BCUT2D eigenvalue weighted by Crippen LogP contribution is 2.48. The minimum Gasteiger partial charge on any atom is -0.457 e. The number of likely N-dealkylation sites (tertiary alicyclic amines) is 3. The van der Waals surface area contributed by atoms with Gasteiger partial charge in [-0.3, -0.25) is 0 Å². The molecule has 0 unspecified atom stereocenters. The second-order valence-electron chi connectivity index (χ2n) is 31.5. The number of piperidine rings is 3. The lowest BCUT2D eigenvalue weighted by molar-refractivity contribution is -0.139. The van der Waals surface area contributed by atoms with Crippen LogP contribution in [-0.4, -0.2) is 207 Å². The first-order chi connectivity index (χ1) is 55.7. The third-order valence-electron chi connectivity index (χ3n) is 22.7. The van der Waals surface area contributed by atoms with Crippen molar-refractivity contribution in [1.29, 1.82) is 0 Å². The van der Waals surface area contributed by atoms with Gasteiger partial charge in [0, 0.05) is 160 Å². The van der Waals surface area contributed by atoms with E-state index in [1.807, 2.05) is 97.7 Å². The Morgan fingerprint density at radius 3 is 1.40 bits per heavy atom. The Bertz CT molecular complexity index is 3650. The Kier molecular flexibility index (Phi) is 41.0. The molecule has 28 heteroatoms. The minimum absolute atomic E-state index is 0.00381. The number of urea groups is 3. The number of methoxy groups -OCH3 is 4. The number of ether oxygens (including phenoxy) is 6. The van der Waals surface area contributed by atoms with Crippen LogP contribution in [0.3, 0.4) is 0 Å². The van der Waals surface area contributed by atoms with E-state index in [4.69, 9.17) is 40.0 Å². The molecule has 0 bridgehead atoms. The lowest BCUT2D eigenvalue weighted by atomic mass is 9.73. The highest BCUT2D eigenvalue weighted by atomic mass is 35.5. The summed E-state index contributed by atoms with van der Waals surface area (Å²) in [6, 6.07) is 34.1. The number of nitrogens with one attached hydrogen (secondary N) is 6. The second kappa shape index (κ2) is 49.5. The topological polar surface area (TPSA) is 249 Å². The van der Waals surface area contributed by atoms with E-state index in [-0.39, 0.29) is 66.5 Å². The first kappa shape index (κ1) is 96.1. The number of para-hydroxylation sites is 4. The lowest BCUT2D eigenvalue weighted by Crippen LogP contribution is -2.54. The molecule has 648 valence electrons. The first-order valence-electron chi connectivity index (χ1n) is 41.6. The number of nitrogens with zero attached hydrogens (tertiary/aromatic N) is 3. The third kappa shape index (κ3) is 30.7. The number of alkyl halides is 6. The smallest absolute Gasteiger partial charge is 0.419 e. The lowest BCUT2D eigenvalue weighted by Gasteiger charge is -2.43. The number of rotatable bonds is 40. The number of amides is 6. The summed E-state index contributed by atoms with van der Waals surface area (Å²) in [4.78, 5) is 44.8. The quantitative estimate of drug-likeness (QED) is 0.0131. The fourth-order valence-electron chi connectivity index (χ4n) is 16.7. The van der Waals surface area contributed by atoms with E-state index in [2.05, 4.69) is 31.9 Å². The summed E-state index contributed by atoms with van der Waals surface area (Å²) in [5, 5.41) is 55.5. The Hall–Kier alpha value is -7.02. The molecule has 5 aromatic rings. The van der Waals surface area contributed by atoms with Crippen molar-refractivity contribution in [3.05, 3.63) is 155 Å². The summed E-state index contributed by atoms with van der Waals surface area (Å²) >= 11 is 6.33. The second-order valence-corrected chi connectivity index (χ2v) is 31.9. The molecular formula is C88H130ClF6N9O12. The van der Waals surface area contributed by atoms with Crippen molar-refractivity contribution in [1.82, 2.24) is 46.6 Å². The number of hydrogen-bond donors (Lipinski definition) is 9. The Balaban J connectivity index is 0.000000241. The predicted molar refractivity (Wildman–Crippen MR) is 441 cm³/mol. The number of benzene rings is 5. The molecule has 9 atom stereocenters. The van der Waals surface area contributed by atoms with Crippen molar-refractivity contribution in [2.45, 2.75) is 195 Å². The van der Waals surface area contributed by atoms with Gasteiger partial charge in [-0.25, -0.2) is 14.4 Å². The molecule has 5 aromatic carbocycles. The van der Waals surface area contributed by atoms with E-state index < -0.39 is 53.2 Å². The van der Waals surface area contributed by atoms with Crippen molar-refractivity contribution >= 4 is 29.7 Å². The van der Waals surface area contributed by atoms with E-state index in [1.54, 1.807) is 64.7 Å². The van der Waals surface area contributed by atoms with Gasteiger partial charge in [0.25, 0.3) is 0 Å². The van der Waals surface area contributed by atoms with Crippen LogP contribution >= 0.6 is 11.6 Å². The molecule has 6 amide bonds. The molecule has 0 aromatic heterocycles. The number of likely N-dealkylation sites (N-methyl/N-ethyl adjacent to an activating group) is 2. The zero-order chi connectivity index (χ0) is 84.0. The van der Waals surface area contributed by atoms with Crippen LogP contribution in [0.25, 0.3) is 0 Å². The van der Waals surface area contributed by atoms with E-state index in [0.717, 1.165) is 63.2 Å². The molecule has 21 nitrogen and oxygen atoms in total.